The Morgan fingerprint density at radius 3 is 3.12 bits per heavy atom. The van der Waals surface area contributed by atoms with E-state index < -0.39 is 5.91 Å². The van der Waals surface area contributed by atoms with Gasteiger partial charge >= 0.3 is 0 Å². The molecule has 3 aromatic heterocycles. The van der Waals surface area contributed by atoms with Crippen molar-refractivity contribution in [2.45, 2.75) is 12.5 Å². The van der Waals surface area contributed by atoms with E-state index >= 15 is 0 Å². The van der Waals surface area contributed by atoms with E-state index in [0.717, 1.165) is 35.4 Å². The third-order valence-electron chi connectivity index (χ3n) is 4.02. The standard InChI is InChI=1S/C16H17N7OS/c17-14(24)13-15(22-11-8-25-16-10(11)2-1-4-19-16)23-12(7-20-13)21-9-3-5-18-6-9/h1-2,4,7-9,18H,3,5-6H2,(H2,17,24)(H2,21,22,23)/t9-/m1/s1. The number of nitrogens with two attached hydrogens (primary N) is 1. The van der Waals surface area contributed by atoms with Gasteiger partial charge in [0.25, 0.3) is 5.91 Å². The average molecular weight is 355 g/mol. The Kier molecular flexibility index (Phi) is 4.16. The second-order valence-corrected chi connectivity index (χ2v) is 6.64. The summed E-state index contributed by atoms with van der Waals surface area (Å²) in [5.74, 6) is 0.326. The van der Waals surface area contributed by atoms with Crippen molar-refractivity contribution in [3.05, 3.63) is 35.6 Å². The number of nitrogens with one attached hydrogen (secondary N) is 3. The van der Waals surface area contributed by atoms with Crippen LogP contribution in [0, 0.1) is 0 Å². The van der Waals surface area contributed by atoms with Gasteiger partial charge in [-0.25, -0.2) is 15.0 Å². The first-order valence-corrected chi connectivity index (χ1v) is 8.82. The van der Waals surface area contributed by atoms with E-state index in [1.165, 1.54) is 17.5 Å². The van der Waals surface area contributed by atoms with E-state index in [4.69, 9.17) is 5.73 Å². The Hall–Kier alpha value is -2.78. The monoisotopic (exact) mass is 355 g/mol. The molecule has 0 bridgehead atoms. The summed E-state index contributed by atoms with van der Waals surface area (Å²) in [4.78, 5) is 25.6. The number of fused-ring (bicyclic) bond motifs is 1. The van der Waals surface area contributed by atoms with Crippen molar-refractivity contribution < 1.29 is 4.79 Å². The lowest BCUT2D eigenvalue weighted by Crippen LogP contribution is -2.24. The lowest BCUT2D eigenvalue weighted by atomic mass is 10.2. The summed E-state index contributed by atoms with van der Waals surface area (Å²) in [6.07, 6.45) is 4.30. The number of anilines is 3. The lowest BCUT2D eigenvalue weighted by Gasteiger charge is -2.14. The molecule has 0 saturated carbocycles. The number of amides is 1. The van der Waals surface area contributed by atoms with Crippen molar-refractivity contribution in [2.75, 3.05) is 23.7 Å². The van der Waals surface area contributed by atoms with Crippen molar-refractivity contribution in [1.82, 2.24) is 20.3 Å². The largest absolute Gasteiger partial charge is 0.365 e. The molecule has 1 atom stereocenters. The van der Waals surface area contributed by atoms with Gasteiger partial charge in [-0.3, -0.25) is 4.79 Å². The quantitative estimate of drug-likeness (QED) is 0.550. The highest BCUT2D eigenvalue weighted by molar-refractivity contribution is 7.17. The SMILES string of the molecule is NC(=O)c1ncc(N[C@@H]2CCNC2)nc1Nc1csc2ncccc12. The van der Waals surface area contributed by atoms with Gasteiger partial charge in [-0.05, 0) is 25.1 Å². The zero-order chi connectivity index (χ0) is 17.2. The maximum absolute atomic E-state index is 11.7. The topological polar surface area (TPSA) is 118 Å². The normalized spacial score (nSPS) is 16.9. The second kappa shape index (κ2) is 6.61. The molecular weight excluding hydrogens is 338 g/mol. The second-order valence-electron chi connectivity index (χ2n) is 5.78. The van der Waals surface area contributed by atoms with Gasteiger partial charge in [0.1, 0.15) is 10.6 Å². The summed E-state index contributed by atoms with van der Waals surface area (Å²) in [6, 6.07) is 4.13. The summed E-state index contributed by atoms with van der Waals surface area (Å²) < 4.78 is 0. The fourth-order valence-electron chi connectivity index (χ4n) is 2.81. The number of rotatable bonds is 5. The molecule has 1 fully saturated rings. The van der Waals surface area contributed by atoms with E-state index in [2.05, 4.69) is 30.9 Å². The molecule has 8 nitrogen and oxygen atoms in total. The highest BCUT2D eigenvalue weighted by atomic mass is 32.1. The van der Waals surface area contributed by atoms with Gasteiger partial charge in [-0.1, -0.05) is 0 Å². The van der Waals surface area contributed by atoms with Crippen LogP contribution in [0.4, 0.5) is 17.3 Å². The van der Waals surface area contributed by atoms with Crippen molar-refractivity contribution in [1.29, 1.82) is 0 Å². The first-order valence-electron chi connectivity index (χ1n) is 7.94. The van der Waals surface area contributed by atoms with Crippen molar-refractivity contribution >= 4 is 44.8 Å². The molecule has 9 heteroatoms. The minimum Gasteiger partial charge on any atom is -0.365 e. The molecule has 1 aliphatic heterocycles. The summed E-state index contributed by atoms with van der Waals surface area (Å²) in [7, 11) is 0. The average Bonchev–Trinajstić information content (AvgIpc) is 3.25. The van der Waals surface area contributed by atoms with Gasteiger partial charge in [-0.2, -0.15) is 0 Å². The fourth-order valence-corrected chi connectivity index (χ4v) is 3.65. The first kappa shape index (κ1) is 15.7. The van der Waals surface area contributed by atoms with Crippen LogP contribution in [0.25, 0.3) is 10.2 Å². The number of carbonyl (C=O) groups is 1. The molecule has 0 unspecified atom stereocenters. The van der Waals surface area contributed by atoms with Crippen molar-refractivity contribution in [3.63, 3.8) is 0 Å². The van der Waals surface area contributed by atoms with Crippen molar-refractivity contribution in [3.8, 4) is 0 Å². The number of hydrogen-bond donors (Lipinski definition) is 4. The van der Waals surface area contributed by atoms with Crippen LogP contribution in [-0.2, 0) is 0 Å². The third kappa shape index (κ3) is 3.24. The van der Waals surface area contributed by atoms with Gasteiger partial charge in [0, 0.05) is 29.5 Å². The molecule has 25 heavy (non-hydrogen) atoms. The number of primary amides is 1. The smallest absolute Gasteiger partial charge is 0.271 e. The Labute approximate surface area is 147 Å². The highest BCUT2D eigenvalue weighted by Crippen LogP contribution is 2.31. The van der Waals surface area contributed by atoms with Gasteiger partial charge in [0.15, 0.2) is 11.5 Å². The Morgan fingerprint density at radius 2 is 2.32 bits per heavy atom. The van der Waals surface area contributed by atoms with Crippen LogP contribution in [-0.4, -0.2) is 40.0 Å². The van der Waals surface area contributed by atoms with Gasteiger partial charge in [0.2, 0.25) is 0 Å². The van der Waals surface area contributed by atoms with Gasteiger partial charge in [0.05, 0.1) is 11.9 Å². The Bertz CT molecular complexity index is 920. The number of carbonyl (C=O) groups excluding carboxylic acids is 1. The Balaban J connectivity index is 1.67. The predicted octanol–water partition coefficient (Wildman–Crippen LogP) is 1.70. The predicted molar refractivity (Wildman–Crippen MR) is 98.4 cm³/mol. The van der Waals surface area contributed by atoms with Crippen LogP contribution in [0.15, 0.2) is 29.9 Å². The van der Waals surface area contributed by atoms with Crippen LogP contribution >= 0.6 is 11.3 Å². The minimum atomic E-state index is -0.623. The zero-order valence-corrected chi connectivity index (χ0v) is 14.1. The summed E-state index contributed by atoms with van der Waals surface area (Å²) in [6.45, 7) is 1.85. The van der Waals surface area contributed by atoms with Crippen LogP contribution < -0.4 is 21.7 Å². The number of pyridine rings is 1. The minimum absolute atomic E-state index is 0.110. The summed E-state index contributed by atoms with van der Waals surface area (Å²) >= 11 is 1.52. The van der Waals surface area contributed by atoms with E-state index in [9.17, 15) is 4.79 Å². The van der Waals surface area contributed by atoms with Crippen LogP contribution in [0.5, 0.6) is 0 Å². The zero-order valence-electron chi connectivity index (χ0n) is 13.3. The molecule has 0 aliphatic carbocycles. The van der Waals surface area contributed by atoms with Crippen LogP contribution in [0.3, 0.4) is 0 Å². The number of nitrogens with zero attached hydrogens (tertiary/aromatic N) is 3. The molecule has 5 N–H and O–H groups in total. The molecule has 1 amide bonds. The number of aromatic nitrogens is 3. The van der Waals surface area contributed by atoms with Gasteiger partial charge in [-0.15, -0.1) is 11.3 Å². The third-order valence-corrected chi connectivity index (χ3v) is 4.92. The van der Waals surface area contributed by atoms with E-state index in [1.807, 2.05) is 17.5 Å². The number of hydrogen-bond acceptors (Lipinski definition) is 8. The molecule has 3 aromatic rings. The molecule has 1 aliphatic rings. The summed E-state index contributed by atoms with van der Waals surface area (Å²) in [5, 5.41) is 12.7. The van der Waals surface area contributed by atoms with Gasteiger partial charge < -0.3 is 21.7 Å². The summed E-state index contributed by atoms with van der Waals surface area (Å²) in [5.41, 5.74) is 6.38. The molecule has 128 valence electrons. The van der Waals surface area contributed by atoms with Crippen LogP contribution in [0.1, 0.15) is 16.9 Å². The molecule has 1 saturated heterocycles. The first-order chi connectivity index (χ1) is 12.2. The lowest BCUT2D eigenvalue weighted by molar-refractivity contribution is 0.0996. The van der Waals surface area contributed by atoms with Crippen LogP contribution in [0.2, 0.25) is 0 Å². The van der Waals surface area contributed by atoms with E-state index in [0.29, 0.717) is 17.7 Å². The van der Waals surface area contributed by atoms with E-state index in [-0.39, 0.29) is 5.69 Å². The molecule has 0 aromatic carbocycles. The molecule has 4 rings (SSSR count). The molecule has 0 spiro atoms. The molecular formula is C16H17N7OS. The molecule has 0 radical (unpaired) electrons. The van der Waals surface area contributed by atoms with E-state index in [1.54, 1.807) is 6.20 Å². The maximum Gasteiger partial charge on any atom is 0.271 e. The molecule has 4 heterocycles. The van der Waals surface area contributed by atoms with Crippen molar-refractivity contribution in [2.24, 2.45) is 5.73 Å². The maximum atomic E-state index is 11.7. The highest BCUT2D eigenvalue weighted by Gasteiger charge is 2.18. The fraction of sp³-hybridized carbons (Fsp3) is 0.250. The number of thiophene rings is 1. The Morgan fingerprint density at radius 1 is 1.40 bits per heavy atom.